The standard InChI is InChI=1S/C12H20N2O2S2/c15-9-11(1-5-13-6-2-11)17-18-12(10-16)3-7-14-8-4-12/h9-10,13-14H,1-8H2. The summed E-state index contributed by atoms with van der Waals surface area (Å²) < 4.78 is -0.590. The summed E-state index contributed by atoms with van der Waals surface area (Å²) in [6, 6.07) is 0. The maximum Gasteiger partial charge on any atom is 0.137 e. The van der Waals surface area contributed by atoms with Crippen LogP contribution >= 0.6 is 21.6 Å². The van der Waals surface area contributed by atoms with Crippen molar-refractivity contribution in [2.45, 2.75) is 35.2 Å². The summed E-state index contributed by atoms with van der Waals surface area (Å²) in [5.74, 6) is 0. The Hall–Kier alpha value is -0.0400. The van der Waals surface area contributed by atoms with E-state index in [1.807, 2.05) is 0 Å². The predicted octanol–water partition coefficient (Wildman–Crippen LogP) is 1.01. The zero-order valence-electron chi connectivity index (χ0n) is 10.4. The lowest BCUT2D eigenvalue weighted by Gasteiger charge is -2.36. The molecule has 2 fully saturated rings. The second-order valence-corrected chi connectivity index (χ2v) is 7.99. The zero-order valence-corrected chi connectivity index (χ0v) is 12.1. The highest BCUT2D eigenvalue weighted by Crippen LogP contribution is 2.49. The Morgan fingerprint density at radius 3 is 1.33 bits per heavy atom. The molecule has 0 bridgehead atoms. The van der Waals surface area contributed by atoms with Gasteiger partial charge in [-0.25, -0.2) is 0 Å². The summed E-state index contributed by atoms with van der Waals surface area (Å²) in [4.78, 5) is 22.8. The minimum absolute atomic E-state index is 0.295. The fourth-order valence-electron chi connectivity index (χ4n) is 2.31. The molecule has 0 aliphatic carbocycles. The predicted molar refractivity (Wildman–Crippen MR) is 77.0 cm³/mol. The van der Waals surface area contributed by atoms with Crippen molar-refractivity contribution >= 4 is 34.2 Å². The van der Waals surface area contributed by atoms with Gasteiger partial charge in [-0.15, -0.1) is 0 Å². The molecule has 2 heterocycles. The van der Waals surface area contributed by atoms with Gasteiger partial charge >= 0.3 is 0 Å². The van der Waals surface area contributed by atoms with Crippen LogP contribution in [0.4, 0.5) is 0 Å². The lowest BCUT2D eigenvalue weighted by molar-refractivity contribution is -0.111. The molecule has 0 spiro atoms. The third-order valence-electron chi connectivity index (χ3n) is 3.70. The summed E-state index contributed by atoms with van der Waals surface area (Å²) in [5.41, 5.74) is 0. The fraction of sp³-hybridized carbons (Fsp3) is 0.833. The van der Waals surface area contributed by atoms with Crippen LogP contribution in [0.1, 0.15) is 25.7 Å². The highest BCUT2D eigenvalue weighted by molar-refractivity contribution is 8.78. The summed E-state index contributed by atoms with van der Waals surface area (Å²) in [6.45, 7) is 3.56. The Kier molecular flexibility index (Phi) is 5.12. The van der Waals surface area contributed by atoms with Crippen LogP contribution in [-0.4, -0.2) is 48.2 Å². The van der Waals surface area contributed by atoms with E-state index in [1.165, 1.54) is 0 Å². The zero-order chi connectivity index (χ0) is 12.9. The third kappa shape index (κ3) is 3.29. The molecule has 0 radical (unpaired) electrons. The number of piperidine rings is 2. The van der Waals surface area contributed by atoms with Crippen molar-refractivity contribution < 1.29 is 9.59 Å². The summed E-state index contributed by atoms with van der Waals surface area (Å²) in [6.07, 6.45) is 5.63. The van der Waals surface area contributed by atoms with Gasteiger partial charge < -0.3 is 20.2 Å². The van der Waals surface area contributed by atoms with E-state index >= 15 is 0 Å². The van der Waals surface area contributed by atoms with Crippen molar-refractivity contribution in [2.24, 2.45) is 0 Å². The molecule has 18 heavy (non-hydrogen) atoms. The first-order chi connectivity index (χ1) is 8.74. The molecule has 0 atom stereocenters. The number of hydrogen-bond donors (Lipinski definition) is 2. The highest BCUT2D eigenvalue weighted by atomic mass is 33.1. The van der Waals surface area contributed by atoms with Gasteiger partial charge in [-0.1, -0.05) is 21.6 Å². The quantitative estimate of drug-likeness (QED) is 0.582. The van der Waals surface area contributed by atoms with Crippen molar-refractivity contribution in [1.29, 1.82) is 0 Å². The fourth-order valence-corrected chi connectivity index (χ4v) is 5.69. The van der Waals surface area contributed by atoms with E-state index in [0.717, 1.165) is 64.4 Å². The molecule has 2 saturated heterocycles. The number of aldehydes is 2. The first-order valence-corrected chi connectivity index (χ1v) is 8.60. The SMILES string of the molecule is O=CC1(SSC2(C=O)CCNCC2)CCNCC1. The third-order valence-corrected chi connectivity index (χ3v) is 7.70. The number of nitrogens with one attached hydrogen (secondary N) is 2. The minimum atomic E-state index is -0.295. The minimum Gasteiger partial charge on any atom is -0.317 e. The summed E-state index contributed by atoms with van der Waals surface area (Å²) in [7, 11) is 3.25. The summed E-state index contributed by atoms with van der Waals surface area (Å²) in [5, 5.41) is 6.55. The Morgan fingerprint density at radius 2 is 1.06 bits per heavy atom. The largest absolute Gasteiger partial charge is 0.317 e. The van der Waals surface area contributed by atoms with Crippen LogP contribution in [-0.2, 0) is 9.59 Å². The monoisotopic (exact) mass is 288 g/mol. The van der Waals surface area contributed by atoms with Gasteiger partial charge in [-0.05, 0) is 51.9 Å². The molecule has 4 nitrogen and oxygen atoms in total. The number of rotatable bonds is 5. The molecule has 2 aliphatic heterocycles. The first-order valence-electron chi connectivity index (χ1n) is 6.45. The van der Waals surface area contributed by atoms with Crippen molar-refractivity contribution in [3.63, 3.8) is 0 Å². The number of carbonyl (C=O) groups is 2. The van der Waals surface area contributed by atoms with Crippen molar-refractivity contribution in [3.05, 3.63) is 0 Å². The summed E-state index contributed by atoms with van der Waals surface area (Å²) >= 11 is 0. The number of carbonyl (C=O) groups excluding carboxylic acids is 2. The number of hydrogen-bond acceptors (Lipinski definition) is 6. The van der Waals surface area contributed by atoms with Gasteiger partial charge in [0.25, 0.3) is 0 Å². The van der Waals surface area contributed by atoms with Crippen LogP contribution in [0.25, 0.3) is 0 Å². The van der Waals surface area contributed by atoms with Gasteiger partial charge in [0.05, 0.1) is 9.49 Å². The smallest absolute Gasteiger partial charge is 0.137 e. The molecule has 6 heteroatoms. The molecule has 0 amide bonds. The molecule has 0 unspecified atom stereocenters. The van der Waals surface area contributed by atoms with E-state index in [1.54, 1.807) is 21.6 Å². The van der Waals surface area contributed by atoms with Gasteiger partial charge in [0, 0.05) is 0 Å². The van der Waals surface area contributed by atoms with Crippen molar-refractivity contribution in [3.8, 4) is 0 Å². The molecule has 2 rings (SSSR count). The van der Waals surface area contributed by atoms with E-state index < -0.39 is 0 Å². The van der Waals surface area contributed by atoms with Crippen LogP contribution in [0.3, 0.4) is 0 Å². The maximum atomic E-state index is 11.4. The Balaban J connectivity index is 1.95. The molecular formula is C12H20N2O2S2. The Bertz CT molecular complexity index is 270. The van der Waals surface area contributed by atoms with Gasteiger partial charge in [0.2, 0.25) is 0 Å². The van der Waals surface area contributed by atoms with Crippen LogP contribution in [0.2, 0.25) is 0 Å². The van der Waals surface area contributed by atoms with Crippen molar-refractivity contribution in [2.75, 3.05) is 26.2 Å². The lowest BCUT2D eigenvalue weighted by Crippen LogP contribution is -2.43. The molecule has 0 saturated carbocycles. The van der Waals surface area contributed by atoms with Gasteiger partial charge in [-0.3, -0.25) is 0 Å². The average Bonchev–Trinajstić information content (AvgIpc) is 2.47. The molecule has 2 N–H and O–H groups in total. The highest BCUT2D eigenvalue weighted by Gasteiger charge is 2.39. The van der Waals surface area contributed by atoms with E-state index in [4.69, 9.17) is 0 Å². The van der Waals surface area contributed by atoms with Crippen molar-refractivity contribution in [1.82, 2.24) is 10.6 Å². The van der Waals surface area contributed by atoms with E-state index in [2.05, 4.69) is 10.6 Å². The Labute approximate surface area is 116 Å². The van der Waals surface area contributed by atoms with Crippen LogP contribution < -0.4 is 10.6 Å². The van der Waals surface area contributed by atoms with Crippen LogP contribution in [0.15, 0.2) is 0 Å². The normalized spacial score (nSPS) is 26.4. The van der Waals surface area contributed by atoms with E-state index in [-0.39, 0.29) is 9.49 Å². The second kappa shape index (κ2) is 6.41. The topological polar surface area (TPSA) is 58.2 Å². The maximum absolute atomic E-state index is 11.4. The molecule has 102 valence electrons. The van der Waals surface area contributed by atoms with Crippen LogP contribution in [0.5, 0.6) is 0 Å². The Morgan fingerprint density at radius 1 is 0.722 bits per heavy atom. The average molecular weight is 288 g/mol. The molecule has 0 aromatic rings. The molecule has 2 aliphatic rings. The first kappa shape index (κ1) is 14.4. The molecule has 0 aromatic carbocycles. The van der Waals surface area contributed by atoms with Gasteiger partial charge in [-0.2, -0.15) is 0 Å². The molecular weight excluding hydrogens is 268 g/mol. The van der Waals surface area contributed by atoms with Gasteiger partial charge in [0.15, 0.2) is 0 Å². The molecule has 0 aromatic heterocycles. The van der Waals surface area contributed by atoms with Gasteiger partial charge in [0.1, 0.15) is 12.6 Å². The lowest BCUT2D eigenvalue weighted by atomic mass is 9.99. The van der Waals surface area contributed by atoms with Crippen LogP contribution in [0, 0.1) is 0 Å². The second-order valence-electron chi connectivity index (χ2n) is 5.03. The van der Waals surface area contributed by atoms with E-state index in [9.17, 15) is 9.59 Å². The van der Waals surface area contributed by atoms with E-state index in [0.29, 0.717) is 0 Å².